The van der Waals surface area contributed by atoms with E-state index in [2.05, 4.69) is 46.4 Å². The minimum Gasteiger partial charge on any atom is -0.376 e. The number of aryl methyl sites for hydroxylation is 2. The van der Waals surface area contributed by atoms with Gasteiger partial charge < -0.3 is 10.1 Å². The molecule has 1 fully saturated rings. The van der Waals surface area contributed by atoms with Gasteiger partial charge in [0.1, 0.15) is 4.88 Å². The average molecular weight is 359 g/mol. The Kier molecular flexibility index (Phi) is 5.83. The summed E-state index contributed by atoms with van der Waals surface area (Å²) in [5.41, 5.74) is 3.19. The van der Waals surface area contributed by atoms with Crippen molar-refractivity contribution >= 4 is 17.2 Å². The van der Waals surface area contributed by atoms with Gasteiger partial charge in [-0.2, -0.15) is 0 Å². The molecule has 1 unspecified atom stereocenters. The Balaban J connectivity index is 1.58. The first-order chi connectivity index (χ1) is 12.0. The number of rotatable bonds is 5. The molecule has 0 radical (unpaired) electrons. The number of amides is 1. The third-order valence-electron chi connectivity index (χ3n) is 4.29. The van der Waals surface area contributed by atoms with E-state index in [1.165, 1.54) is 16.9 Å². The number of carbonyl (C=O) groups is 1. The molecule has 134 valence electrons. The summed E-state index contributed by atoms with van der Waals surface area (Å²) in [6.07, 6.45) is 0.294. The minimum absolute atomic E-state index is 0.0458. The molecule has 1 aliphatic rings. The number of hydrogen-bond donors (Lipinski definition) is 1. The van der Waals surface area contributed by atoms with E-state index in [4.69, 9.17) is 4.74 Å². The van der Waals surface area contributed by atoms with E-state index in [9.17, 15) is 4.79 Å². The largest absolute Gasteiger partial charge is 0.376 e. The van der Waals surface area contributed by atoms with Crippen molar-refractivity contribution in [1.82, 2.24) is 15.2 Å². The fourth-order valence-electron chi connectivity index (χ4n) is 3.13. The van der Waals surface area contributed by atoms with Crippen molar-refractivity contribution < 1.29 is 9.53 Å². The first-order valence-electron chi connectivity index (χ1n) is 8.65. The maximum atomic E-state index is 12.3. The number of nitrogens with zero attached hydrogens (tertiary/aromatic N) is 2. The summed E-state index contributed by atoms with van der Waals surface area (Å²) < 4.78 is 5.59. The molecule has 0 bridgehead atoms. The van der Waals surface area contributed by atoms with Crippen LogP contribution in [-0.2, 0) is 17.8 Å². The summed E-state index contributed by atoms with van der Waals surface area (Å²) >= 11 is 1.44. The van der Waals surface area contributed by atoms with Crippen molar-refractivity contribution in [2.45, 2.75) is 40.0 Å². The van der Waals surface area contributed by atoms with Gasteiger partial charge in [0.15, 0.2) is 0 Å². The van der Waals surface area contributed by atoms with E-state index in [1.807, 2.05) is 13.8 Å². The molecule has 25 heavy (non-hydrogen) atoms. The quantitative estimate of drug-likeness (QED) is 0.892. The van der Waals surface area contributed by atoms with Crippen LogP contribution in [0.1, 0.15) is 38.4 Å². The van der Waals surface area contributed by atoms with E-state index < -0.39 is 0 Å². The molecule has 1 aromatic heterocycles. The first-order valence-corrected chi connectivity index (χ1v) is 9.47. The van der Waals surface area contributed by atoms with Crippen LogP contribution in [0.25, 0.3) is 0 Å². The molecule has 1 aliphatic heterocycles. The highest BCUT2D eigenvalue weighted by atomic mass is 32.1. The number of benzene rings is 1. The Bertz CT molecular complexity index is 744. The number of hydrogen-bond acceptors (Lipinski definition) is 5. The topological polar surface area (TPSA) is 54.5 Å². The molecule has 1 aromatic carbocycles. The van der Waals surface area contributed by atoms with Gasteiger partial charge in [0.05, 0.1) is 23.4 Å². The Morgan fingerprint density at radius 1 is 1.40 bits per heavy atom. The fraction of sp³-hybridized carbons (Fsp3) is 0.474. The van der Waals surface area contributed by atoms with Gasteiger partial charge in [0.2, 0.25) is 0 Å². The molecular formula is C19H25N3O2S. The van der Waals surface area contributed by atoms with Crippen molar-refractivity contribution in [2.24, 2.45) is 0 Å². The van der Waals surface area contributed by atoms with Crippen LogP contribution in [0, 0.1) is 13.8 Å². The zero-order valence-corrected chi connectivity index (χ0v) is 15.9. The smallest absolute Gasteiger partial charge is 0.263 e. The molecule has 1 N–H and O–H groups in total. The lowest BCUT2D eigenvalue weighted by molar-refractivity contribution is -0.0212. The van der Waals surface area contributed by atoms with Crippen LogP contribution in [-0.4, -0.2) is 41.6 Å². The molecule has 1 atom stereocenters. The van der Waals surface area contributed by atoms with Gasteiger partial charge in [0.25, 0.3) is 5.91 Å². The second kappa shape index (κ2) is 8.08. The number of morpholine rings is 1. The number of ether oxygens (including phenoxy) is 1. The lowest BCUT2D eigenvalue weighted by atomic mass is 10.1. The summed E-state index contributed by atoms with van der Waals surface area (Å²) in [7, 11) is 0. The second-order valence-corrected chi connectivity index (χ2v) is 7.77. The van der Waals surface area contributed by atoms with E-state index in [0.717, 1.165) is 42.5 Å². The van der Waals surface area contributed by atoms with Gasteiger partial charge in [0, 0.05) is 26.2 Å². The molecule has 6 heteroatoms. The third-order valence-corrected chi connectivity index (χ3v) is 5.36. The Morgan fingerprint density at radius 2 is 2.20 bits per heavy atom. The van der Waals surface area contributed by atoms with Gasteiger partial charge in [-0.3, -0.25) is 9.69 Å². The maximum absolute atomic E-state index is 12.3. The monoisotopic (exact) mass is 359 g/mol. The Labute approximate surface area is 153 Å². The fourth-order valence-corrected chi connectivity index (χ4v) is 3.97. The highest BCUT2D eigenvalue weighted by Crippen LogP contribution is 2.17. The zero-order valence-electron chi connectivity index (χ0n) is 15.0. The molecule has 0 spiro atoms. The molecule has 2 heterocycles. The van der Waals surface area contributed by atoms with Crippen LogP contribution in [0.3, 0.4) is 0 Å². The van der Waals surface area contributed by atoms with Crippen molar-refractivity contribution in [3.63, 3.8) is 0 Å². The van der Waals surface area contributed by atoms with E-state index in [-0.39, 0.29) is 5.91 Å². The van der Waals surface area contributed by atoms with Crippen LogP contribution < -0.4 is 5.32 Å². The summed E-state index contributed by atoms with van der Waals surface area (Å²) in [6.45, 7) is 10.1. The summed E-state index contributed by atoms with van der Waals surface area (Å²) in [4.78, 5) is 19.8. The highest BCUT2D eigenvalue weighted by Gasteiger charge is 2.17. The standard InChI is InChI=1S/C19H25N3O2S/c1-13-11-22(7-8-24-13)12-17-6-4-5-16(9-17)10-20-19(23)18-14(2)21-15(3)25-18/h4-6,9,13H,7-8,10-12H2,1-3H3,(H,20,23). The van der Waals surface area contributed by atoms with Crippen LogP contribution in [0.2, 0.25) is 0 Å². The second-order valence-electron chi connectivity index (χ2n) is 6.57. The minimum atomic E-state index is -0.0458. The van der Waals surface area contributed by atoms with Gasteiger partial charge in [-0.1, -0.05) is 24.3 Å². The Morgan fingerprint density at radius 3 is 2.92 bits per heavy atom. The van der Waals surface area contributed by atoms with Crippen LogP contribution in [0.15, 0.2) is 24.3 Å². The summed E-state index contributed by atoms with van der Waals surface area (Å²) in [5, 5.41) is 3.93. The molecule has 1 saturated heterocycles. The van der Waals surface area contributed by atoms with Crippen LogP contribution >= 0.6 is 11.3 Å². The SMILES string of the molecule is Cc1nc(C)c(C(=O)NCc2cccc(CN3CCOC(C)C3)c2)s1. The number of thiazole rings is 1. The van der Waals surface area contributed by atoms with Crippen molar-refractivity contribution in [2.75, 3.05) is 19.7 Å². The molecular weight excluding hydrogens is 334 g/mol. The lowest BCUT2D eigenvalue weighted by Crippen LogP contribution is -2.40. The highest BCUT2D eigenvalue weighted by molar-refractivity contribution is 7.13. The molecule has 0 saturated carbocycles. The van der Waals surface area contributed by atoms with Crippen molar-refractivity contribution in [3.05, 3.63) is 51.0 Å². The van der Waals surface area contributed by atoms with Crippen LogP contribution in [0.4, 0.5) is 0 Å². The van der Waals surface area contributed by atoms with E-state index >= 15 is 0 Å². The van der Waals surface area contributed by atoms with Crippen molar-refractivity contribution in [1.29, 1.82) is 0 Å². The summed E-state index contributed by atoms with van der Waals surface area (Å²) in [5.74, 6) is -0.0458. The Hall–Kier alpha value is -1.76. The summed E-state index contributed by atoms with van der Waals surface area (Å²) in [6, 6.07) is 8.42. The predicted octanol–water partition coefficient (Wildman–Crippen LogP) is 2.91. The lowest BCUT2D eigenvalue weighted by Gasteiger charge is -2.31. The van der Waals surface area contributed by atoms with E-state index in [0.29, 0.717) is 17.5 Å². The number of carbonyl (C=O) groups excluding carboxylic acids is 1. The zero-order chi connectivity index (χ0) is 17.8. The molecule has 3 rings (SSSR count). The van der Waals surface area contributed by atoms with Gasteiger partial charge >= 0.3 is 0 Å². The molecule has 0 aliphatic carbocycles. The molecule has 2 aromatic rings. The number of nitrogens with one attached hydrogen (secondary N) is 1. The normalized spacial score (nSPS) is 18.3. The number of aromatic nitrogens is 1. The first kappa shape index (κ1) is 18.0. The van der Waals surface area contributed by atoms with Gasteiger partial charge in [-0.05, 0) is 31.9 Å². The third kappa shape index (κ3) is 4.87. The van der Waals surface area contributed by atoms with Crippen LogP contribution in [0.5, 0.6) is 0 Å². The molecule has 5 nitrogen and oxygen atoms in total. The predicted molar refractivity (Wildman–Crippen MR) is 99.9 cm³/mol. The van der Waals surface area contributed by atoms with Gasteiger partial charge in [-0.15, -0.1) is 11.3 Å². The maximum Gasteiger partial charge on any atom is 0.263 e. The van der Waals surface area contributed by atoms with Crippen molar-refractivity contribution in [3.8, 4) is 0 Å². The average Bonchev–Trinajstić information content (AvgIpc) is 2.91. The van der Waals surface area contributed by atoms with E-state index in [1.54, 1.807) is 0 Å². The van der Waals surface area contributed by atoms with Gasteiger partial charge in [-0.25, -0.2) is 4.98 Å². The molecule has 1 amide bonds.